The van der Waals surface area contributed by atoms with Gasteiger partial charge < -0.3 is 35.4 Å². The zero-order valence-electron chi connectivity index (χ0n) is 28.3. The Hall–Kier alpha value is -4.42. The maximum Gasteiger partial charge on any atom is 0.187 e. The smallest absolute Gasteiger partial charge is 0.187 e. The molecule has 0 saturated heterocycles. The van der Waals surface area contributed by atoms with E-state index in [0.29, 0.717) is 43.7 Å². The third kappa shape index (κ3) is 7.22. The molecule has 50 heavy (non-hydrogen) atoms. The molecule has 0 aliphatic carbocycles. The van der Waals surface area contributed by atoms with Crippen LogP contribution in [-0.2, 0) is 24.1 Å². The molecule has 6 atom stereocenters. The summed E-state index contributed by atoms with van der Waals surface area (Å²) in [6, 6.07) is 9.51. The maximum atomic E-state index is 12.7. The number of carbonyl (C=O) groups is 1. The predicted molar refractivity (Wildman–Crippen MR) is 189 cm³/mol. The van der Waals surface area contributed by atoms with E-state index < -0.39 is 30.5 Å². The number of carbonyl (C=O) groups excluding carboxylic acids is 1. The van der Waals surface area contributed by atoms with Crippen molar-refractivity contribution in [2.24, 2.45) is 16.6 Å². The molecule has 2 aromatic rings. The maximum absolute atomic E-state index is 12.7. The molecule has 0 radical (unpaired) electrons. The topological polar surface area (TPSA) is 150 Å². The van der Waals surface area contributed by atoms with E-state index in [1.54, 1.807) is 6.07 Å². The Kier molecular flexibility index (Phi) is 10.1. The molecule has 7 rings (SSSR count). The van der Waals surface area contributed by atoms with Gasteiger partial charge in [0.05, 0.1) is 36.5 Å². The number of nitrogens with one attached hydrogen (secondary N) is 1. The molecule has 10 nitrogen and oxygen atoms in total. The number of aliphatic hydroxyl groups excluding tert-OH is 3. The second kappa shape index (κ2) is 14.8. The van der Waals surface area contributed by atoms with Crippen molar-refractivity contribution in [3.63, 3.8) is 0 Å². The van der Waals surface area contributed by atoms with Crippen LogP contribution in [0.1, 0.15) is 85.5 Å². The lowest BCUT2D eigenvalue weighted by Crippen LogP contribution is -2.41. The molecule has 0 spiro atoms. The molecule has 0 saturated carbocycles. The Morgan fingerprint density at radius 2 is 2.00 bits per heavy atom. The third-order valence-corrected chi connectivity index (χ3v) is 10.1. The summed E-state index contributed by atoms with van der Waals surface area (Å²) >= 11 is 0. The summed E-state index contributed by atoms with van der Waals surface area (Å²) in [6.45, 7) is 3.27. The molecule has 6 N–H and O–H groups in total. The molecule has 0 amide bonds. The van der Waals surface area contributed by atoms with E-state index in [4.69, 9.17) is 20.2 Å². The second-order valence-corrected chi connectivity index (χ2v) is 13.8. The van der Waals surface area contributed by atoms with Gasteiger partial charge in [0.25, 0.3) is 0 Å². The number of aryl methyl sites for hydroxylation is 1. The lowest BCUT2D eigenvalue weighted by atomic mass is 9.84. The summed E-state index contributed by atoms with van der Waals surface area (Å²) in [6.07, 6.45) is 7.62. The van der Waals surface area contributed by atoms with Gasteiger partial charge in [0.15, 0.2) is 17.7 Å². The number of ether oxygens (including phenoxy) is 2. The summed E-state index contributed by atoms with van der Waals surface area (Å²) in [7, 11) is 0. The van der Waals surface area contributed by atoms with Gasteiger partial charge in [-0.3, -0.25) is 15.1 Å². The van der Waals surface area contributed by atoms with Crippen LogP contribution < -0.4 is 20.5 Å². The summed E-state index contributed by atoms with van der Waals surface area (Å²) < 4.78 is 12.6. The van der Waals surface area contributed by atoms with Gasteiger partial charge in [-0.1, -0.05) is 49.3 Å². The van der Waals surface area contributed by atoms with Crippen molar-refractivity contribution in [3.05, 3.63) is 81.7 Å². The van der Waals surface area contributed by atoms with Crippen molar-refractivity contribution in [2.45, 2.75) is 95.4 Å². The molecule has 0 fully saturated rings. The number of aliphatic imine (C=N–C) groups is 1. The first kappa shape index (κ1) is 34.0. The molecule has 0 unspecified atom stereocenters. The molecule has 260 valence electrons. The Bertz CT molecular complexity index is 1880. The van der Waals surface area contributed by atoms with Crippen LogP contribution in [0.4, 0.5) is 0 Å². The number of nitrogens with zero attached hydrogens (tertiary/aromatic N) is 2. The van der Waals surface area contributed by atoms with Crippen molar-refractivity contribution in [2.75, 3.05) is 13.1 Å². The quantitative estimate of drug-likeness (QED) is 0.252. The number of nitrogens with two attached hydrogens (primary N) is 1. The Labute approximate surface area is 293 Å². The lowest BCUT2D eigenvalue weighted by Gasteiger charge is -2.32. The zero-order valence-corrected chi connectivity index (χ0v) is 28.3. The van der Waals surface area contributed by atoms with Crippen LogP contribution in [0.25, 0.3) is 0 Å². The highest BCUT2D eigenvalue weighted by atomic mass is 16.5. The van der Waals surface area contributed by atoms with Crippen LogP contribution in [0.3, 0.4) is 0 Å². The van der Waals surface area contributed by atoms with Gasteiger partial charge in [-0.25, -0.2) is 0 Å². The SMILES string of the molecule is CCC[C@H](O)C[C@@H](O)CC(=O)CCc1ccc2c(c1)O[C@H]1[C@H](C#C[C@H](O)c3ccc4c(c3CC3=CN=C5CN1C=C35)CCN[C@H]4N)CC#CO2. The first-order valence-corrected chi connectivity index (χ1v) is 17.7. The fourth-order valence-corrected chi connectivity index (χ4v) is 7.51. The number of aliphatic hydroxyl groups is 3. The average Bonchev–Trinajstić information content (AvgIpc) is 3.69. The van der Waals surface area contributed by atoms with Crippen LogP contribution in [-0.4, -0.2) is 63.2 Å². The highest BCUT2D eigenvalue weighted by molar-refractivity contribution is 6.09. The van der Waals surface area contributed by atoms with E-state index in [9.17, 15) is 20.1 Å². The average molecular weight is 677 g/mol. The molecular weight excluding hydrogens is 632 g/mol. The molecule has 5 heterocycles. The number of rotatable bonds is 9. The van der Waals surface area contributed by atoms with Gasteiger partial charge in [-0.2, -0.15) is 0 Å². The van der Waals surface area contributed by atoms with E-state index in [-0.39, 0.29) is 31.2 Å². The molecule has 2 bridgehead atoms. The van der Waals surface area contributed by atoms with E-state index in [1.165, 1.54) is 5.56 Å². The van der Waals surface area contributed by atoms with Crippen molar-refractivity contribution in [1.29, 1.82) is 0 Å². The largest absolute Gasteiger partial charge is 0.465 e. The Morgan fingerprint density at radius 1 is 1.14 bits per heavy atom. The number of benzene rings is 2. The third-order valence-electron chi connectivity index (χ3n) is 10.1. The number of allylic oxidation sites excluding steroid dienone is 1. The fraction of sp³-hybridized carbons (Fsp3) is 0.450. The number of hydrogen-bond acceptors (Lipinski definition) is 10. The highest BCUT2D eigenvalue weighted by Crippen LogP contribution is 2.39. The molecule has 2 aromatic carbocycles. The standard InChI is InChI=1S/C40H44N4O6/c1-2-4-27(45)19-29(47)20-28(46)9-6-24-7-13-37-38(17-24)50-40-25(5-3-16-49-37)8-12-36(48)31-10-11-32-30(14-15-42-39(32)41)33(31)18-26-21-43-35-23-44(40)22-34(26)35/h7,10-11,13,17,21-22,25,27,29,36,39-40,42,45,47-48H,2,4-6,9,14-15,18-20,23,41H2,1H3/t25-,27-,29+,36-,39+,40-/m0/s1. The summed E-state index contributed by atoms with van der Waals surface area (Å²) in [5, 5.41) is 35.2. The van der Waals surface area contributed by atoms with Crippen molar-refractivity contribution in [3.8, 4) is 35.4 Å². The predicted octanol–water partition coefficient (Wildman–Crippen LogP) is 3.49. The van der Waals surface area contributed by atoms with Crippen LogP contribution in [0.2, 0.25) is 0 Å². The zero-order chi connectivity index (χ0) is 34.8. The molecule has 5 aliphatic rings. The minimum absolute atomic E-state index is 0.0107. The van der Waals surface area contributed by atoms with Gasteiger partial charge >= 0.3 is 0 Å². The summed E-state index contributed by atoms with van der Waals surface area (Å²) in [5.74, 6) is 10.1. The van der Waals surface area contributed by atoms with Gasteiger partial charge in [0.1, 0.15) is 18.0 Å². The summed E-state index contributed by atoms with van der Waals surface area (Å²) in [5.41, 5.74) is 14.4. The first-order chi connectivity index (χ1) is 24.3. The van der Waals surface area contributed by atoms with Crippen LogP contribution in [0.15, 0.2) is 58.9 Å². The Morgan fingerprint density at radius 3 is 2.86 bits per heavy atom. The normalized spacial score (nSPS) is 24.3. The lowest BCUT2D eigenvalue weighted by molar-refractivity contribution is -0.121. The molecule has 0 aromatic heterocycles. The van der Waals surface area contributed by atoms with E-state index in [2.05, 4.69) is 40.3 Å². The number of hydrogen-bond donors (Lipinski definition) is 5. The van der Waals surface area contributed by atoms with Gasteiger partial charge in [0.2, 0.25) is 0 Å². The Balaban J connectivity index is 1.16. The van der Waals surface area contributed by atoms with Gasteiger partial charge in [0, 0.05) is 50.2 Å². The van der Waals surface area contributed by atoms with Crippen LogP contribution >= 0.6 is 0 Å². The van der Waals surface area contributed by atoms with Gasteiger partial charge in [-0.05, 0) is 71.2 Å². The number of Topliss-reactive ketones (excluding diaryl/α,β-unsaturated/α-hetero) is 1. The monoisotopic (exact) mass is 676 g/mol. The van der Waals surface area contributed by atoms with Crippen LogP contribution in [0.5, 0.6) is 11.5 Å². The minimum Gasteiger partial charge on any atom is -0.465 e. The van der Waals surface area contributed by atoms with E-state index >= 15 is 0 Å². The first-order valence-electron chi connectivity index (χ1n) is 17.7. The second-order valence-electron chi connectivity index (χ2n) is 13.8. The van der Waals surface area contributed by atoms with Crippen molar-refractivity contribution >= 4 is 11.5 Å². The van der Waals surface area contributed by atoms with E-state index in [1.807, 2.05) is 37.4 Å². The molecular formula is C40H44N4O6. The van der Waals surface area contributed by atoms with Crippen molar-refractivity contribution < 1.29 is 29.6 Å². The summed E-state index contributed by atoms with van der Waals surface area (Å²) in [4.78, 5) is 19.6. The highest BCUT2D eigenvalue weighted by Gasteiger charge is 2.37. The van der Waals surface area contributed by atoms with Crippen molar-refractivity contribution in [1.82, 2.24) is 10.2 Å². The molecule has 10 heteroatoms. The fourth-order valence-electron chi connectivity index (χ4n) is 7.51. The van der Waals surface area contributed by atoms with E-state index in [0.717, 1.165) is 58.5 Å². The minimum atomic E-state index is -1.02. The number of ketones is 1. The molecule has 5 aliphatic heterocycles. The van der Waals surface area contributed by atoms with Gasteiger partial charge in [-0.15, -0.1) is 0 Å². The van der Waals surface area contributed by atoms with Crippen LogP contribution in [0, 0.1) is 29.8 Å². The number of fused-ring (bicyclic) bond motifs is 7.